The van der Waals surface area contributed by atoms with Crippen molar-refractivity contribution < 1.29 is 32.2 Å². The molecular formula is C24H25F4N3O3. The molecule has 2 unspecified atom stereocenters. The second-order valence-corrected chi connectivity index (χ2v) is 9.70. The minimum Gasteiger partial charge on any atom is -0.478 e. The van der Waals surface area contributed by atoms with Crippen LogP contribution in [0.4, 0.5) is 29.2 Å². The molecule has 10 heteroatoms. The summed E-state index contributed by atoms with van der Waals surface area (Å²) in [6.07, 6.45) is -2.13. The van der Waals surface area contributed by atoms with E-state index in [1.807, 2.05) is 4.57 Å². The van der Waals surface area contributed by atoms with Gasteiger partial charge in [-0.15, -0.1) is 13.2 Å². The number of aromatic nitrogens is 2. The van der Waals surface area contributed by atoms with Gasteiger partial charge in [-0.05, 0) is 60.9 Å². The lowest BCUT2D eigenvalue weighted by Crippen LogP contribution is -2.29. The lowest BCUT2D eigenvalue weighted by atomic mass is 9.70. The Kier molecular flexibility index (Phi) is 5.95. The van der Waals surface area contributed by atoms with E-state index in [-0.39, 0.29) is 17.2 Å². The summed E-state index contributed by atoms with van der Waals surface area (Å²) < 4.78 is 57.8. The van der Waals surface area contributed by atoms with Crippen LogP contribution in [0.25, 0.3) is 11.0 Å². The highest BCUT2D eigenvalue weighted by molar-refractivity contribution is 5.93. The van der Waals surface area contributed by atoms with Crippen molar-refractivity contribution in [1.82, 2.24) is 9.55 Å². The third-order valence-electron chi connectivity index (χ3n) is 6.08. The number of aromatic carboxylic acids is 1. The van der Waals surface area contributed by atoms with Crippen molar-refractivity contribution in [2.75, 3.05) is 5.32 Å². The first-order chi connectivity index (χ1) is 15.8. The fourth-order valence-corrected chi connectivity index (χ4v) is 5.10. The quantitative estimate of drug-likeness (QED) is 0.389. The molecule has 1 fully saturated rings. The van der Waals surface area contributed by atoms with Gasteiger partial charge in [0.25, 0.3) is 0 Å². The molecule has 4 rings (SSSR count). The molecule has 0 bridgehead atoms. The number of benzene rings is 2. The average molecular weight is 479 g/mol. The monoisotopic (exact) mass is 479 g/mol. The second-order valence-electron chi connectivity index (χ2n) is 9.70. The Morgan fingerprint density at radius 3 is 2.47 bits per heavy atom. The SMILES string of the molecule is CC1CC(n2c(Nc3ccc(OC(F)(F)F)cc3)nc3cc(C(=O)O)c(F)cc32)CC(C)(C)C1. The van der Waals surface area contributed by atoms with Crippen LogP contribution in [0.2, 0.25) is 0 Å². The van der Waals surface area contributed by atoms with Crippen LogP contribution >= 0.6 is 0 Å². The number of carbonyl (C=O) groups is 1. The lowest BCUT2D eigenvalue weighted by Gasteiger charge is -2.40. The molecule has 1 saturated carbocycles. The topological polar surface area (TPSA) is 76.4 Å². The number of ether oxygens (including phenoxy) is 1. The van der Waals surface area contributed by atoms with Gasteiger partial charge in [-0.3, -0.25) is 0 Å². The minimum absolute atomic E-state index is 0.0332. The highest BCUT2D eigenvalue weighted by Gasteiger charge is 2.35. The highest BCUT2D eigenvalue weighted by atomic mass is 19.4. The number of hydrogen-bond acceptors (Lipinski definition) is 4. The molecule has 1 aliphatic carbocycles. The van der Waals surface area contributed by atoms with Gasteiger partial charge in [0.15, 0.2) is 0 Å². The molecule has 2 atom stereocenters. The number of halogens is 4. The van der Waals surface area contributed by atoms with Crippen molar-refractivity contribution in [2.45, 2.75) is 52.4 Å². The zero-order valence-electron chi connectivity index (χ0n) is 18.9. The number of nitrogens with zero attached hydrogens (tertiary/aromatic N) is 2. The molecule has 1 aromatic heterocycles. The number of alkyl halides is 3. The summed E-state index contributed by atoms with van der Waals surface area (Å²) in [5.74, 6) is -1.85. The molecular weight excluding hydrogens is 454 g/mol. The Labute approximate surface area is 193 Å². The van der Waals surface area contributed by atoms with Crippen LogP contribution in [0.3, 0.4) is 0 Å². The molecule has 1 aliphatic rings. The van der Waals surface area contributed by atoms with Crippen molar-refractivity contribution >= 4 is 28.6 Å². The Morgan fingerprint density at radius 2 is 1.88 bits per heavy atom. The summed E-state index contributed by atoms with van der Waals surface area (Å²) >= 11 is 0. The molecule has 6 nitrogen and oxygen atoms in total. The third kappa shape index (κ3) is 5.10. The summed E-state index contributed by atoms with van der Waals surface area (Å²) in [5.41, 5.74) is 0.779. The van der Waals surface area contributed by atoms with Crippen LogP contribution < -0.4 is 10.1 Å². The Morgan fingerprint density at radius 1 is 1.21 bits per heavy atom. The second kappa shape index (κ2) is 8.48. The Bertz CT molecular complexity index is 1220. The van der Waals surface area contributed by atoms with Crippen LogP contribution in [0.1, 0.15) is 56.4 Å². The molecule has 0 radical (unpaired) electrons. The van der Waals surface area contributed by atoms with Gasteiger partial charge in [0.05, 0.1) is 16.6 Å². The largest absolute Gasteiger partial charge is 0.573 e. The fraction of sp³-hybridized carbons (Fsp3) is 0.417. The predicted octanol–water partition coefficient (Wildman–Crippen LogP) is 6.90. The van der Waals surface area contributed by atoms with E-state index in [9.17, 15) is 27.5 Å². The molecule has 0 saturated heterocycles. The van der Waals surface area contributed by atoms with E-state index in [0.717, 1.165) is 19.3 Å². The molecule has 3 aromatic rings. The van der Waals surface area contributed by atoms with Gasteiger partial charge in [-0.25, -0.2) is 14.2 Å². The molecule has 182 valence electrons. The maximum Gasteiger partial charge on any atom is 0.573 e. The first kappa shape index (κ1) is 23.8. The van der Waals surface area contributed by atoms with Crippen molar-refractivity contribution in [3.8, 4) is 5.75 Å². The molecule has 0 aliphatic heterocycles. The van der Waals surface area contributed by atoms with Crippen LogP contribution in [-0.2, 0) is 0 Å². The van der Waals surface area contributed by atoms with Gasteiger partial charge in [-0.1, -0.05) is 20.8 Å². The van der Waals surface area contributed by atoms with Crippen molar-refractivity contribution in [2.24, 2.45) is 11.3 Å². The number of carboxylic acids is 1. The Balaban J connectivity index is 1.77. The highest BCUT2D eigenvalue weighted by Crippen LogP contribution is 2.46. The van der Waals surface area contributed by atoms with Crippen molar-refractivity contribution in [3.63, 3.8) is 0 Å². The summed E-state index contributed by atoms with van der Waals surface area (Å²) in [6, 6.07) is 7.54. The van der Waals surface area contributed by atoms with Gasteiger partial charge in [0.1, 0.15) is 11.6 Å². The molecule has 1 heterocycles. The summed E-state index contributed by atoms with van der Waals surface area (Å²) in [5, 5.41) is 12.4. The van der Waals surface area contributed by atoms with E-state index in [1.54, 1.807) is 0 Å². The normalized spacial score (nSPS) is 20.3. The lowest BCUT2D eigenvalue weighted by molar-refractivity contribution is -0.274. The smallest absolute Gasteiger partial charge is 0.478 e. The van der Waals surface area contributed by atoms with E-state index >= 15 is 0 Å². The van der Waals surface area contributed by atoms with E-state index in [2.05, 4.69) is 35.8 Å². The average Bonchev–Trinajstić information content (AvgIpc) is 3.02. The summed E-state index contributed by atoms with van der Waals surface area (Å²) in [7, 11) is 0. The van der Waals surface area contributed by atoms with Crippen molar-refractivity contribution in [1.29, 1.82) is 0 Å². The number of carboxylic acid groups (broad SMARTS) is 1. The summed E-state index contributed by atoms with van der Waals surface area (Å²) in [6.45, 7) is 6.50. The number of imidazole rings is 1. The number of rotatable bonds is 5. The van der Waals surface area contributed by atoms with Gasteiger partial charge >= 0.3 is 12.3 Å². The van der Waals surface area contributed by atoms with Crippen molar-refractivity contribution in [3.05, 3.63) is 47.8 Å². The van der Waals surface area contributed by atoms with Gasteiger partial charge < -0.3 is 19.7 Å². The van der Waals surface area contributed by atoms with Gasteiger partial charge in [0, 0.05) is 17.8 Å². The Hall–Kier alpha value is -3.30. The number of fused-ring (bicyclic) bond motifs is 1. The van der Waals surface area contributed by atoms with E-state index < -0.39 is 23.7 Å². The van der Waals surface area contributed by atoms with Crippen LogP contribution in [-0.4, -0.2) is 27.0 Å². The first-order valence-electron chi connectivity index (χ1n) is 10.9. The van der Waals surface area contributed by atoms with Crippen LogP contribution in [0.5, 0.6) is 5.75 Å². The van der Waals surface area contributed by atoms with Gasteiger partial charge in [0.2, 0.25) is 5.95 Å². The van der Waals surface area contributed by atoms with Crippen LogP contribution in [0, 0.1) is 17.2 Å². The minimum atomic E-state index is -4.79. The summed E-state index contributed by atoms with van der Waals surface area (Å²) in [4.78, 5) is 16.0. The van der Waals surface area contributed by atoms with Crippen LogP contribution in [0.15, 0.2) is 36.4 Å². The maximum absolute atomic E-state index is 14.6. The standard InChI is InChI=1S/C24H25F4N3O3/c1-13-8-15(12-23(2,3)11-13)31-20-10-18(25)17(21(32)33)9-19(20)30-22(31)29-14-4-6-16(7-5-14)34-24(26,27)28/h4-7,9-10,13,15H,8,11-12H2,1-3H3,(H,29,30)(H,32,33). The molecule has 0 spiro atoms. The molecule has 0 amide bonds. The third-order valence-corrected chi connectivity index (χ3v) is 6.08. The maximum atomic E-state index is 14.6. The first-order valence-corrected chi connectivity index (χ1v) is 10.9. The fourth-order valence-electron chi connectivity index (χ4n) is 5.10. The number of anilines is 2. The van der Waals surface area contributed by atoms with Gasteiger partial charge in [-0.2, -0.15) is 0 Å². The number of hydrogen-bond donors (Lipinski definition) is 2. The predicted molar refractivity (Wildman–Crippen MR) is 119 cm³/mol. The molecule has 2 aromatic carbocycles. The zero-order chi connectivity index (χ0) is 24.8. The zero-order valence-corrected chi connectivity index (χ0v) is 18.9. The van der Waals surface area contributed by atoms with E-state index in [4.69, 9.17) is 0 Å². The molecule has 2 N–H and O–H groups in total. The van der Waals surface area contributed by atoms with E-state index in [1.165, 1.54) is 36.4 Å². The molecule has 34 heavy (non-hydrogen) atoms. The van der Waals surface area contributed by atoms with E-state index in [0.29, 0.717) is 28.6 Å². The number of nitrogens with one attached hydrogen (secondary N) is 1.